The molecule has 2 atom stereocenters. The van der Waals surface area contributed by atoms with Crippen LogP contribution in [0.3, 0.4) is 0 Å². The van der Waals surface area contributed by atoms with Gasteiger partial charge in [-0.3, -0.25) is 4.79 Å². The second-order valence-electron chi connectivity index (χ2n) is 3.98. The van der Waals surface area contributed by atoms with Gasteiger partial charge in [0.1, 0.15) is 11.6 Å². The largest absolute Gasteiger partial charge is 0.480 e. The van der Waals surface area contributed by atoms with Gasteiger partial charge < -0.3 is 15.8 Å². The van der Waals surface area contributed by atoms with Crippen molar-refractivity contribution in [2.75, 3.05) is 6.54 Å². The Morgan fingerprint density at radius 2 is 2.16 bits per heavy atom. The number of halogens is 3. The fourth-order valence-electron chi connectivity index (χ4n) is 1.23. The molecule has 0 aromatic heterocycles. The van der Waals surface area contributed by atoms with Crippen LogP contribution in [-0.2, 0) is 4.79 Å². The first-order valence-corrected chi connectivity index (χ1v) is 6.35. The van der Waals surface area contributed by atoms with E-state index in [2.05, 4.69) is 21.2 Å². The third-order valence-electron chi connectivity index (χ3n) is 2.31. The molecular formula is C12H17BrClFN2O2. The van der Waals surface area contributed by atoms with Gasteiger partial charge in [0.05, 0.1) is 4.47 Å². The Labute approximate surface area is 126 Å². The number of nitrogens with two attached hydrogens (primary N) is 1. The second-order valence-corrected chi connectivity index (χ2v) is 4.83. The van der Waals surface area contributed by atoms with Crippen LogP contribution in [-0.4, -0.2) is 24.6 Å². The summed E-state index contributed by atoms with van der Waals surface area (Å²) in [6, 6.07) is 3.91. The summed E-state index contributed by atoms with van der Waals surface area (Å²) in [5.74, 6) is -0.216. The maximum absolute atomic E-state index is 12.9. The van der Waals surface area contributed by atoms with Crippen LogP contribution in [0.5, 0.6) is 5.75 Å². The van der Waals surface area contributed by atoms with E-state index in [0.717, 1.165) is 0 Å². The topological polar surface area (TPSA) is 64.3 Å². The SMILES string of the molecule is CC(Oc1ccc(F)cc1Br)C(=O)N[C@@H](C)CN.Cl. The third kappa shape index (κ3) is 5.76. The summed E-state index contributed by atoms with van der Waals surface area (Å²) in [6.07, 6.45) is -0.680. The number of rotatable bonds is 5. The van der Waals surface area contributed by atoms with Crippen molar-refractivity contribution in [2.24, 2.45) is 5.73 Å². The molecule has 0 aliphatic rings. The van der Waals surface area contributed by atoms with Crippen molar-refractivity contribution in [2.45, 2.75) is 26.0 Å². The third-order valence-corrected chi connectivity index (χ3v) is 2.93. The van der Waals surface area contributed by atoms with E-state index in [4.69, 9.17) is 10.5 Å². The van der Waals surface area contributed by atoms with Crippen molar-refractivity contribution < 1.29 is 13.9 Å². The number of hydrogen-bond acceptors (Lipinski definition) is 3. The van der Waals surface area contributed by atoms with Gasteiger partial charge >= 0.3 is 0 Å². The van der Waals surface area contributed by atoms with Crippen molar-refractivity contribution >= 4 is 34.2 Å². The number of benzene rings is 1. The fraction of sp³-hybridized carbons (Fsp3) is 0.417. The van der Waals surface area contributed by atoms with Crippen molar-refractivity contribution in [3.05, 3.63) is 28.5 Å². The Morgan fingerprint density at radius 3 is 2.68 bits per heavy atom. The first-order chi connectivity index (χ1) is 8.43. The second kappa shape index (κ2) is 8.35. The molecule has 0 bridgehead atoms. The maximum Gasteiger partial charge on any atom is 0.261 e. The fourth-order valence-corrected chi connectivity index (χ4v) is 1.68. The summed E-state index contributed by atoms with van der Waals surface area (Å²) in [6.45, 7) is 3.78. The van der Waals surface area contributed by atoms with E-state index in [1.807, 2.05) is 0 Å². The van der Waals surface area contributed by atoms with E-state index < -0.39 is 6.10 Å². The predicted octanol–water partition coefficient (Wildman–Crippen LogP) is 2.24. The van der Waals surface area contributed by atoms with Crippen molar-refractivity contribution in [1.82, 2.24) is 5.32 Å². The van der Waals surface area contributed by atoms with E-state index in [1.165, 1.54) is 18.2 Å². The first kappa shape index (κ1) is 18.1. The van der Waals surface area contributed by atoms with Crippen LogP contribution in [0.4, 0.5) is 4.39 Å². The molecular weight excluding hydrogens is 338 g/mol. The van der Waals surface area contributed by atoms with E-state index in [1.54, 1.807) is 13.8 Å². The van der Waals surface area contributed by atoms with Gasteiger partial charge in [0, 0.05) is 12.6 Å². The molecule has 0 heterocycles. The zero-order valence-corrected chi connectivity index (χ0v) is 13.1. The normalized spacial score (nSPS) is 13.1. The minimum absolute atomic E-state index is 0. The number of ether oxygens (including phenoxy) is 1. The van der Waals surface area contributed by atoms with E-state index in [0.29, 0.717) is 16.8 Å². The lowest BCUT2D eigenvalue weighted by molar-refractivity contribution is -0.127. The zero-order valence-electron chi connectivity index (χ0n) is 10.7. The van der Waals surface area contributed by atoms with Crippen LogP contribution in [0.1, 0.15) is 13.8 Å². The number of carbonyl (C=O) groups excluding carboxylic acids is 1. The van der Waals surface area contributed by atoms with Crippen molar-refractivity contribution in [3.63, 3.8) is 0 Å². The molecule has 0 aliphatic heterocycles. The van der Waals surface area contributed by atoms with Gasteiger partial charge in [-0.25, -0.2) is 4.39 Å². The Kier molecular flexibility index (Phi) is 7.97. The summed E-state index contributed by atoms with van der Waals surface area (Å²) in [4.78, 5) is 11.7. The summed E-state index contributed by atoms with van der Waals surface area (Å²) in [5, 5.41) is 2.70. The molecule has 0 fully saturated rings. The monoisotopic (exact) mass is 354 g/mol. The Hall–Kier alpha value is -0.850. The predicted molar refractivity (Wildman–Crippen MR) is 78.1 cm³/mol. The average molecular weight is 356 g/mol. The van der Waals surface area contributed by atoms with E-state index in [-0.39, 0.29) is 30.2 Å². The van der Waals surface area contributed by atoms with Crippen molar-refractivity contribution in [3.8, 4) is 5.75 Å². The Balaban J connectivity index is 0.00000324. The van der Waals surface area contributed by atoms with Gasteiger partial charge in [-0.15, -0.1) is 12.4 Å². The van der Waals surface area contributed by atoms with Crippen molar-refractivity contribution in [1.29, 1.82) is 0 Å². The first-order valence-electron chi connectivity index (χ1n) is 5.56. The van der Waals surface area contributed by atoms with Gasteiger partial charge in [-0.2, -0.15) is 0 Å². The van der Waals surface area contributed by atoms with Crippen LogP contribution in [0.15, 0.2) is 22.7 Å². The number of carbonyl (C=O) groups is 1. The summed E-state index contributed by atoms with van der Waals surface area (Å²) in [5.41, 5.74) is 5.41. The molecule has 0 spiro atoms. The molecule has 108 valence electrons. The molecule has 1 rings (SSSR count). The summed E-state index contributed by atoms with van der Waals surface area (Å²) in [7, 11) is 0. The molecule has 1 aromatic carbocycles. The van der Waals surface area contributed by atoms with E-state index in [9.17, 15) is 9.18 Å². The van der Waals surface area contributed by atoms with E-state index >= 15 is 0 Å². The highest BCUT2D eigenvalue weighted by atomic mass is 79.9. The summed E-state index contributed by atoms with van der Waals surface area (Å²) >= 11 is 3.17. The highest BCUT2D eigenvalue weighted by molar-refractivity contribution is 9.10. The molecule has 1 amide bonds. The molecule has 3 N–H and O–H groups in total. The highest BCUT2D eigenvalue weighted by Crippen LogP contribution is 2.26. The van der Waals surface area contributed by atoms with Gasteiger partial charge in [-0.05, 0) is 48.0 Å². The molecule has 0 radical (unpaired) electrons. The quantitative estimate of drug-likeness (QED) is 0.851. The smallest absolute Gasteiger partial charge is 0.261 e. The molecule has 1 unspecified atom stereocenters. The minimum Gasteiger partial charge on any atom is -0.480 e. The number of amides is 1. The maximum atomic E-state index is 12.9. The van der Waals surface area contributed by atoms with Gasteiger partial charge in [0.2, 0.25) is 0 Å². The molecule has 4 nitrogen and oxygen atoms in total. The average Bonchev–Trinajstić information content (AvgIpc) is 2.32. The van der Waals surface area contributed by atoms with Crippen LogP contribution in [0.2, 0.25) is 0 Å². The summed E-state index contributed by atoms with van der Waals surface area (Å²) < 4.78 is 18.8. The standard InChI is InChI=1S/C12H16BrFN2O2.ClH/c1-7(6-15)16-12(17)8(2)18-11-4-3-9(14)5-10(11)13;/h3-5,7-8H,6,15H2,1-2H3,(H,16,17);1H/t7-,8?;/m0./s1. The lowest BCUT2D eigenvalue weighted by atomic mass is 10.3. The lowest BCUT2D eigenvalue weighted by Crippen LogP contribution is -2.44. The number of hydrogen-bond donors (Lipinski definition) is 2. The molecule has 7 heteroatoms. The molecule has 19 heavy (non-hydrogen) atoms. The molecule has 1 aromatic rings. The lowest BCUT2D eigenvalue weighted by Gasteiger charge is -2.18. The van der Waals surface area contributed by atoms with Crippen LogP contribution in [0, 0.1) is 5.82 Å². The van der Waals surface area contributed by atoms with Crippen LogP contribution >= 0.6 is 28.3 Å². The van der Waals surface area contributed by atoms with Crippen LogP contribution < -0.4 is 15.8 Å². The molecule has 0 saturated heterocycles. The number of nitrogens with one attached hydrogen (secondary N) is 1. The van der Waals surface area contributed by atoms with Gasteiger partial charge in [-0.1, -0.05) is 0 Å². The Morgan fingerprint density at radius 1 is 1.53 bits per heavy atom. The molecule has 0 saturated carbocycles. The Bertz CT molecular complexity index is 434. The molecule has 0 aliphatic carbocycles. The van der Waals surface area contributed by atoms with Gasteiger partial charge in [0.15, 0.2) is 6.10 Å². The minimum atomic E-state index is -0.680. The van der Waals surface area contributed by atoms with Crippen LogP contribution in [0.25, 0.3) is 0 Å². The van der Waals surface area contributed by atoms with Gasteiger partial charge in [0.25, 0.3) is 5.91 Å². The highest BCUT2D eigenvalue weighted by Gasteiger charge is 2.17. The zero-order chi connectivity index (χ0) is 13.7.